The van der Waals surface area contributed by atoms with Crippen molar-refractivity contribution >= 4 is 11.8 Å². The van der Waals surface area contributed by atoms with Crippen molar-refractivity contribution in [2.75, 3.05) is 0 Å². The summed E-state index contributed by atoms with van der Waals surface area (Å²) in [6.07, 6.45) is -0.229. The number of hydrogen-bond acceptors (Lipinski definition) is 2. The van der Waals surface area contributed by atoms with Crippen LogP contribution in [0.4, 0.5) is 0 Å². The highest BCUT2D eigenvalue weighted by Crippen LogP contribution is 2.54. The summed E-state index contributed by atoms with van der Waals surface area (Å²) in [4.78, 5) is 22.9. The van der Waals surface area contributed by atoms with E-state index in [1.54, 1.807) is 0 Å². The lowest BCUT2D eigenvalue weighted by molar-refractivity contribution is -0.126. The van der Waals surface area contributed by atoms with Gasteiger partial charge in [0.1, 0.15) is 0 Å². The first-order valence-corrected chi connectivity index (χ1v) is 4.30. The third kappa shape index (κ3) is 0.586. The Balaban J connectivity index is 2.01. The summed E-state index contributed by atoms with van der Waals surface area (Å²) in [5.41, 5.74) is 0. The van der Waals surface area contributed by atoms with Gasteiger partial charge in [-0.25, -0.2) is 0 Å². The van der Waals surface area contributed by atoms with Crippen molar-refractivity contribution in [1.82, 2.24) is 5.32 Å². The Kier molecular flexibility index (Phi) is 0.789. The molecular formula is C9H11NO2. The Hall–Kier alpha value is -0.860. The van der Waals surface area contributed by atoms with Crippen LogP contribution in [-0.4, -0.2) is 11.8 Å². The second kappa shape index (κ2) is 1.90. The third-order valence-electron chi connectivity index (χ3n) is 3.31. The van der Waals surface area contributed by atoms with Crippen LogP contribution in [-0.2, 0) is 9.59 Å². The summed E-state index contributed by atoms with van der Waals surface area (Å²) in [6, 6.07) is 0. The molecule has 0 radical (unpaired) electrons. The lowest BCUT2D eigenvalue weighted by Crippen LogP contribution is -2.24. The van der Waals surface area contributed by atoms with E-state index in [4.69, 9.17) is 2.74 Å². The van der Waals surface area contributed by atoms with Gasteiger partial charge in [-0.3, -0.25) is 14.9 Å². The average Bonchev–Trinajstić information content (AvgIpc) is 2.71. The molecule has 6 unspecified atom stereocenters. The van der Waals surface area contributed by atoms with Crippen LogP contribution >= 0.6 is 0 Å². The summed E-state index contributed by atoms with van der Waals surface area (Å²) in [7, 11) is 0. The largest absolute Gasteiger partial charge is 0.296 e. The number of amides is 2. The number of imide groups is 1. The van der Waals surface area contributed by atoms with Crippen LogP contribution in [0.5, 0.6) is 0 Å². The minimum atomic E-state index is -0.474. The monoisotopic (exact) mass is 167 g/mol. The predicted octanol–water partition coefficient (Wildman–Crippen LogP) is 0.305. The molecule has 2 saturated carbocycles. The Morgan fingerprint density at radius 1 is 1.17 bits per heavy atom. The van der Waals surface area contributed by atoms with E-state index in [0.717, 1.165) is 6.42 Å². The molecule has 3 nitrogen and oxygen atoms in total. The number of carbonyl (C=O) groups is 2. The third-order valence-corrected chi connectivity index (χ3v) is 3.31. The van der Waals surface area contributed by atoms with Gasteiger partial charge in [0.15, 0.2) is 0 Å². The van der Waals surface area contributed by atoms with E-state index in [0.29, 0.717) is 0 Å². The average molecular weight is 167 g/mol. The van der Waals surface area contributed by atoms with E-state index in [2.05, 4.69) is 5.32 Å². The smallest absolute Gasteiger partial charge is 0.230 e. The molecule has 0 aromatic rings. The second-order valence-corrected chi connectivity index (χ2v) is 3.85. The van der Waals surface area contributed by atoms with Crippen LogP contribution in [0.25, 0.3) is 0 Å². The zero-order valence-corrected chi connectivity index (χ0v) is 6.49. The number of fused-ring (bicyclic) bond motifs is 5. The standard InChI is InChI=1S/C9H11NO2/c11-8-6-4-1-2-5(3-4)7(6)9(12)10-8/h4-7H,1-3H2,(H,10,11,12)/i1D,2D. The molecule has 6 atom stereocenters. The quantitative estimate of drug-likeness (QED) is 0.527. The summed E-state index contributed by atoms with van der Waals surface area (Å²) in [6.45, 7) is 0. The molecule has 3 fully saturated rings. The van der Waals surface area contributed by atoms with Crippen molar-refractivity contribution in [3.05, 3.63) is 0 Å². The lowest BCUT2D eigenvalue weighted by atomic mass is 9.81. The van der Waals surface area contributed by atoms with Crippen LogP contribution in [0.3, 0.4) is 0 Å². The Morgan fingerprint density at radius 2 is 1.67 bits per heavy atom. The molecule has 3 rings (SSSR count). The molecule has 64 valence electrons. The van der Waals surface area contributed by atoms with Gasteiger partial charge in [-0.15, -0.1) is 0 Å². The second-order valence-electron chi connectivity index (χ2n) is 3.85. The predicted molar refractivity (Wildman–Crippen MR) is 41.0 cm³/mol. The highest BCUT2D eigenvalue weighted by atomic mass is 16.2. The van der Waals surface area contributed by atoms with Crippen LogP contribution in [0.2, 0.25) is 0 Å². The van der Waals surface area contributed by atoms with Crippen molar-refractivity contribution in [3.63, 3.8) is 0 Å². The maximum absolute atomic E-state index is 11.4. The molecule has 1 heterocycles. The molecule has 12 heavy (non-hydrogen) atoms. The molecular weight excluding hydrogens is 154 g/mol. The highest BCUT2D eigenvalue weighted by molar-refractivity contribution is 6.05. The summed E-state index contributed by atoms with van der Waals surface area (Å²) >= 11 is 0. The molecule has 3 aliphatic rings. The van der Waals surface area contributed by atoms with Gasteiger partial charge in [-0.05, 0) is 31.1 Å². The number of nitrogens with one attached hydrogen (secondary N) is 1. The first kappa shape index (κ1) is 5.00. The zero-order valence-electron chi connectivity index (χ0n) is 8.49. The van der Waals surface area contributed by atoms with Gasteiger partial charge < -0.3 is 0 Å². The summed E-state index contributed by atoms with van der Waals surface area (Å²) < 4.78 is 15.5. The molecule has 3 heteroatoms. The van der Waals surface area contributed by atoms with Crippen LogP contribution in [0.1, 0.15) is 22.0 Å². The molecule has 1 saturated heterocycles. The van der Waals surface area contributed by atoms with E-state index in [1.165, 1.54) is 0 Å². The van der Waals surface area contributed by atoms with E-state index in [9.17, 15) is 9.59 Å². The lowest BCUT2D eigenvalue weighted by Gasteiger charge is -2.19. The molecule has 1 aliphatic heterocycles. The minimum absolute atomic E-state index is 0.0565. The SMILES string of the molecule is [2H]C1C([2H])C2CC1C1C(=O)NC(=O)C21. The van der Waals surface area contributed by atoms with E-state index in [-0.39, 0.29) is 35.5 Å². The van der Waals surface area contributed by atoms with Crippen LogP contribution in [0, 0.1) is 23.7 Å². The van der Waals surface area contributed by atoms with Crippen LogP contribution < -0.4 is 5.32 Å². The minimum Gasteiger partial charge on any atom is -0.296 e. The van der Waals surface area contributed by atoms with Gasteiger partial charge in [0, 0.05) is 2.74 Å². The maximum atomic E-state index is 11.4. The van der Waals surface area contributed by atoms with Crippen molar-refractivity contribution < 1.29 is 12.3 Å². The van der Waals surface area contributed by atoms with Crippen molar-refractivity contribution in [3.8, 4) is 0 Å². The topological polar surface area (TPSA) is 46.2 Å². The molecule has 2 amide bonds. The van der Waals surface area contributed by atoms with Gasteiger partial charge in [-0.1, -0.05) is 0 Å². The Bertz CT molecular complexity index is 303. The maximum Gasteiger partial charge on any atom is 0.230 e. The van der Waals surface area contributed by atoms with Crippen molar-refractivity contribution in [2.45, 2.75) is 19.2 Å². The molecule has 2 aliphatic carbocycles. The molecule has 1 N–H and O–H groups in total. The molecule has 2 bridgehead atoms. The first-order chi connectivity index (χ1) is 6.61. The van der Waals surface area contributed by atoms with Crippen molar-refractivity contribution in [1.29, 1.82) is 0 Å². The first-order valence-electron chi connectivity index (χ1n) is 5.46. The Morgan fingerprint density at radius 3 is 2.17 bits per heavy atom. The van der Waals surface area contributed by atoms with E-state index >= 15 is 0 Å². The zero-order chi connectivity index (χ0) is 10.0. The van der Waals surface area contributed by atoms with E-state index in [1.807, 2.05) is 0 Å². The van der Waals surface area contributed by atoms with Gasteiger partial charge >= 0.3 is 0 Å². The van der Waals surface area contributed by atoms with Gasteiger partial charge in [0.25, 0.3) is 0 Å². The number of carbonyl (C=O) groups excluding carboxylic acids is 2. The van der Waals surface area contributed by atoms with Crippen LogP contribution in [0.15, 0.2) is 0 Å². The number of hydrogen-bond donors (Lipinski definition) is 1. The summed E-state index contributed by atoms with van der Waals surface area (Å²) in [5.74, 6) is -1.13. The number of rotatable bonds is 0. The summed E-state index contributed by atoms with van der Waals surface area (Å²) in [5, 5.41) is 2.32. The molecule has 0 aromatic heterocycles. The van der Waals surface area contributed by atoms with Gasteiger partial charge in [0.2, 0.25) is 11.8 Å². The molecule has 0 aromatic carbocycles. The fourth-order valence-electron chi connectivity index (χ4n) is 2.83. The van der Waals surface area contributed by atoms with Gasteiger partial charge in [-0.2, -0.15) is 0 Å². The fourth-order valence-corrected chi connectivity index (χ4v) is 2.83. The van der Waals surface area contributed by atoms with Gasteiger partial charge in [0.05, 0.1) is 11.8 Å². The fraction of sp³-hybridized carbons (Fsp3) is 0.778. The molecule has 0 spiro atoms. The highest BCUT2D eigenvalue weighted by Gasteiger charge is 2.57. The Labute approximate surface area is 73.3 Å². The van der Waals surface area contributed by atoms with Crippen molar-refractivity contribution in [2.24, 2.45) is 23.7 Å². The normalized spacial score (nSPS) is 64.3. The van der Waals surface area contributed by atoms with E-state index < -0.39 is 12.8 Å².